The lowest BCUT2D eigenvalue weighted by molar-refractivity contribution is -0.121. The topological polar surface area (TPSA) is 116 Å². The highest BCUT2D eigenvalue weighted by Crippen LogP contribution is 2.06. The minimum Gasteiger partial charge on any atom is -0.465 e. The average Bonchev–Trinajstić information content (AvgIpc) is 3.28. The zero-order valence-electron chi connectivity index (χ0n) is 15.0. The van der Waals surface area contributed by atoms with Gasteiger partial charge in [-0.2, -0.15) is 5.10 Å². The molecule has 0 fully saturated rings. The van der Waals surface area contributed by atoms with Crippen LogP contribution in [0.4, 0.5) is 0 Å². The molecule has 0 bridgehead atoms. The van der Waals surface area contributed by atoms with Crippen molar-refractivity contribution in [3.63, 3.8) is 0 Å². The van der Waals surface area contributed by atoms with Crippen LogP contribution in [0.3, 0.4) is 0 Å². The van der Waals surface area contributed by atoms with Gasteiger partial charge in [0.1, 0.15) is 12.3 Å². The second-order valence-corrected chi connectivity index (χ2v) is 5.95. The van der Waals surface area contributed by atoms with Crippen LogP contribution in [-0.2, 0) is 25.4 Å². The van der Waals surface area contributed by atoms with E-state index in [0.717, 1.165) is 10.1 Å². The first-order chi connectivity index (χ1) is 12.9. The van der Waals surface area contributed by atoms with Crippen molar-refractivity contribution in [2.45, 2.75) is 13.5 Å². The maximum atomic E-state index is 12.3. The Bertz CT molecular complexity index is 1160. The van der Waals surface area contributed by atoms with E-state index in [4.69, 9.17) is 4.42 Å². The fourth-order valence-electron chi connectivity index (χ4n) is 2.55. The summed E-state index contributed by atoms with van der Waals surface area (Å²) < 4.78 is 8.80. The van der Waals surface area contributed by atoms with Crippen LogP contribution >= 0.6 is 0 Å². The number of nitrogens with zero attached hydrogens (tertiary/aromatic N) is 5. The van der Waals surface area contributed by atoms with Crippen LogP contribution in [0.5, 0.6) is 0 Å². The smallest absolute Gasteiger partial charge is 0.332 e. The van der Waals surface area contributed by atoms with Crippen molar-refractivity contribution in [1.29, 1.82) is 0 Å². The summed E-state index contributed by atoms with van der Waals surface area (Å²) in [5, 5.41) is 3.88. The lowest BCUT2D eigenvalue weighted by atomic mass is 10.3. The third-order valence-corrected chi connectivity index (χ3v) is 3.90. The summed E-state index contributed by atoms with van der Waals surface area (Å²) >= 11 is 0. The molecule has 0 spiro atoms. The van der Waals surface area contributed by atoms with E-state index in [1.54, 1.807) is 24.5 Å². The van der Waals surface area contributed by atoms with Gasteiger partial charge in [-0.15, -0.1) is 0 Å². The summed E-state index contributed by atoms with van der Waals surface area (Å²) in [6.45, 7) is 1.65. The van der Waals surface area contributed by atoms with Gasteiger partial charge in [0.2, 0.25) is 0 Å². The number of hydrogen-bond acceptors (Lipinski definition) is 6. The first-order valence-electron chi connectivity index (χ1n) is 8.03. The highest BCUT2D eigenvalue weighted by molar-refractivity contribution is 5.86. The van der Waals surface area contributed by atoms with Crippen molar-refractivity contribution in [3.8, 4) is 0 Å². The first-order valence-corrected chi connectivity index (χ1v) is 8.03. The van der Waals surface area contributed by atoms with Gasteiger partial charge < -0.3 is 8.98 Å². The highest BCUT2D eigenvalue weighted by Gasteiger charge is 2.15. The summed E-state index contributed by atoms with van der Waals surface area (Å²) in [7, 11) is 2.89. The summed E-state index contributed by atoms with van der Waals surface area (Å²) in [5.74, 6) is 0.240. The molecule has 27 heavy (non-hydrogen) atoms. The van der Waals surface area contributed by atoms with Crippen molar-refractivity contribution >= 4 is 29.4 Å². The number of hydrogen-bond donors (Lipinski definition) is 1. The number of nitrogens with one attached hydrogen (secondary N) is 1. The maximum absolute atomic E-state index is 12.3. The Balaban J connectivity index is 1.74. The molecule has 3 aromatic heterocycles. The molecule has 0 aliphatic carbocycles. The number of allylic oxidation sites excluding steroid dienone is 1. The van der Waals surface area contributed by atoms with Crippen molar-refractivity contribution < 1.29 is 9.21 Å². The predicted octanol–water partition coefficient (Wildman–Crippen LogP) is 0.232. The second-order valence-electron chi connectivity index (χ2n) is 5.95. The van der Waals surface area contributed by atoms with Gasteiger partial charge in [-0.3, -0.25) is 18.7 Å². The van der Waals surface area contributed by atoms with Crippen LogP contribution in [0, 0.1) is 0 Å². The van der Waals surface area contributed by atoms with E-state index < -0.39 is 17.2 Å². The molecule has 0 atom stereocenters. The van der Waals surface area contributed by atoms with E-state index in [9.17, 15) is 14.4 Å². The Morgan fingerprint density at radius 2 is 2.11 bits per heavy atom. The minimum atomic E-state index is -0.515. The molecular formula is C17H18N6O4. The van der Waals surface area contributed by atoms with E-state index in [1.165, 1.54) is 35.8 Å². The molecule has 0 aromatic carbocycles. The number of carbonyl (C=O) groups excluding carboxylic acids is 1. The van der Waals surface area contributed by atoms with Gasteiger partial charge in [-0.25, -0.2) is 15.2 Å². The van der Waals surface area contributed by atoms with E-state index in [1.807, 2.05) is 6.92 Å². The summed E-state index contributed by atoms with van der Waals surface area (Å²) in [5.41, 5.74) is 2.57. The predicted molar refractivity (Wildman–Crippen MR) is 99.2 cm³/mol. The van der Waals surface area contributed by atoms with Gasteiger partial charge in [0.05, 0.1) is 18.8 Å². The second kappa shape index (κ2) is 7.28. The van der Waals surface area contributed by atoms with Gasteiger partial charge >= 0.3 is 5.69 Å². The van der Waals surface area contributed by atoms with E-state index >= 15 is 0 Å². The Kier molecular flexibility index (Phi) is 4.88. The van der Waals surface area contributed by atoms with Gasteiger partial charge in [-0.1, -0.05) is 0 Å². The number of rotatable bonds is 5. The number of aryl methyl sites for hydroxylation is 1. The molecule has 1 amide bonds. The number of carbonyl (C=O) groups is 1. The van der Waals surface area contributed by atoms with Crippen molar-refractivity contribution in [2.75, 3.05) is 0 Å². The van der Waals surface area contributed by atoms with Crippen LogP contribution < -0.4 is 16.7 Å². The van der Waals surface area contributed by atoms with Crippen molar-refractivity contribution in [3.05, 3.63) is 56.9 Å². The molecule has 3 rings (SSSR count). The average molecular weight is 370 g/mol. The molecule has 0 aliphatic heterocycles. The molecular weight excluding hydrogens is 352 g/mol. The lowest BCUT2D eigenvalue weighted by Crippen LogP contribution is -2.38. The van der Waals surface area contributed by atoms with E-state index in [0.29, 0.717) is 5.76 Å². The summed E-state index contributed by atoms with van der Waals surface area (Å²) in [6.07, 6.45) is 6.16. The highest BCUT2D eigenvalue weighted by atomic mass is 16.3. The molecule has 1 N–H and O–H groups in total. The molecule has 0 aliphatic rings. The molecule has 0 saturated carbocycles. The van der Waals surface area contributed by atoms with Gasteiger partial charge in [-0.05, 0) is 30.7 Å². The molecule has 0 radical (unpaired) electrons. The third kappa shape index (κ3) is 3.64. The third-order valence-electron chi connectivity index (χ3n) is 3.90. The molecule has 140 valence electrons. The lowest BCUT2D eigenvalue weighted by Gasteiger charge is -2.05. The van der Waals surface area contributed by atoms with Gasteiger partial charge in [0, 0.05) is 14.1 Å². The molecule has 0 saturated heterocycles. The summed E-state index contributed by atoms with van der Waals surface area (Å²) in [4.78, 5) is 40.4. The maximum Gasteiger partial charge on any atom is 0.332 e. The van der Waals surface area contributed by atoms with E-state index in [2.05, 4.69) is 15.5 Å². The normalized spacial score (nSPS) is 12.2. The van der Waals surface area contributed by atoms with Crippen LogP contribution in [-0.4, -0.2) is 30.8 Å². The number of hydrazone groups is 1. The molecule has 3 heterocycles. The largest absolute Gasteiger partial charge is 0.465 e. The SMILES string of the molecule is CC(/C=N/NC(=O)Cn1cnc2c1c(=O)n(C)c(=O)n2C)=C\c1ccco1. The number of imidazole rings is 1. The zero-order valence-corrected chi connectivity index (χ0v) is 15.0. The number of fused-ring (bicyclic) bond motifs is 1. The van der Waals surface area contributed by atoms with Crippen LogP contribution in [0.1, 0.15) is 12.7 Å². The summed E-state index contributed by atoms with van der Waals surface area (Å²) in [6, 6.07) is 3.57. The Morgan fingerprint density at radius 3 is 2.81 bits per heavy atom. The van der Waals surface area contributed by atoms with Crippen molar-refractivity contribution in [1.82, 2.24) is 24.1 Å². The fourth-order valence-corrected chi connectivity index (χ4v) is 2.55. The number of furan rings is 1. The van der Waals surface area contributed by atoms with Crippen LogP contribution in [0.2, 0.25) is 0 Å². The quantitative estimate of drug-likeness (QED) is 0.510. The number of aromatic nitrogens is 4. The van der Waals surface area contributed by atoms with Crippen LogP contribution in [0.15, 0.2) is 49.4 Å². The van der Waals surface area contributed by atoms with Gasteiger partial charge in [0.25, 0.3) is 11.5 Å². The minimum absolute atomic E-state index is 0.164. The first kappa shape index (κ1) is 18.1. The molecule has 3 aromatic rings. The van der Waals surface area contributed by atoms with E-state index in [-0.39, 0.29) is 17.7 Å². The molecule has 10 heteroatoms. The monoisotopic (exact) mass is 370 g/mol. The fraction of sp³-hybridized carbons (Fsp3) is 0.235. The Morgan fingerprint density at radius 1 is 1.33 bits per heavy atom. The van der Waals surface area contributed by atoms with Gasteiger partial charge in [0.15, 0.2) is 11.2 Å². The number of amides is 1. The molecule has 0 unspecified atom stereocenters. The van der Waals surface area contributed by atoms with Crippen LogP contribution in [0.25, 0.3) is 17.2 Å². The van der Waals surface area contributed by atoms with Crippen molar-refractivity contribution in [2.24, 2.45) is 19.2 Å². The molecule has 10 nitrogen and oxygen atoms in total. The zero-order chi connectivity index (χ0) is 19.6. The Hall–Kier alpha value is -3.69. The Labute approximate surface area is 153 Å². The standard InChI is InChI=1S/C17H18N6O4/c1-11(7-12-5-4-6-27-12)8-19-20-13(24)9-23-10-18-15-14(23)16(25)22(3)17(26)21(15)2/h4-8,10H,9H2,1-3H3,(H,20,24)/b11-7+,19-8+.